The molecule has 1 atom stereocenters. The monoisotopic (exact) mass is 151 g/mol. The number of carbonyl (C=O) groups is 1. The zero-order chi connectivity index (χ0) is 8.32. The second-order valence-electron chi connectivity index (χ2n) is 2.82. The van der Waals surface area contributed by atoms with Crippen LogP contribution in [0, 0.1) is 0 Å². The summed E-state index contributed by atoms with van der Waals surface area (Å²) in [6.45, 7) is 0. The fourth-order valence-corrected chi connectivity index (χ4v) is 1.11. The molecular formula is C8H11N2O. The van der Waals surface area contributed by atoms with Crippen molar-refractivity contribution >= 4 is 5.91 Å². The molecule has 1 aliphatic carbocycles. The third kappa shape index (κ3) is 2.20. The fourth-order valence-electron chi connectivity index (χ4n) is 1.11. The average molecular weight is 151 g/mol. The van der Waals surface area contributed by atoms with Crippen LogP contribution in [0.1, 0.15) is 12.8 Å². The Hall–Kier alpha value is -1.09. The van der Waals surface area contributed by atoms with Crippen LogP contribution >= 0.6 is 0 Å². The third-order valence-electron chi connectivity index (χ3n) is 1.66. The molecule has 0 aromatic rings. The minimum Gasteiger partial charge on any atom is -0.321 e. The van der Waals surface area contributed by atoms with E-state index in [1.165, 1.54) is 0 Å². The summed E-state index contributed by atoms with van der Waals surface area (Å²) >= 11 is 0. The van der Waals surface area contributed by atoms with E-state index in [-0.39, 0.29) is 6.42 Å². The van der Waals surface area contributed by atoms with Gasteiger partial charge in [-0.15, -0.1) is 0 Å². The van der Waals surface area contributed by atoms with Gasteiger partial charge >= 0.3 is 0 Å². The van der Waals surface area contributed by atoms with Crippen LogP contribution in [-0.2, 0) is 4.79 Å². The lowest BCUT2D eigenvalue weighted by molar-refractivity contribution is -0.119. The Labute approximate surface area is 65.8 Å². The van der Waals surface area contributed by atoms with Gasteiger partial charge in [0.05, 0.1) is 6.42 Å². The van der Waals surface area contributed by atoms with Gasteiger partial charge < -0.3 is 5.73 Å². The van der Waals surface area contributed by atoms with E-state index < -0.39 is 11.4 Å². The SMILES string of the molecule is [NH]C(=O)CC1(N)C=CC=CC1. The van der Waals surface area contributed by atoms with Gasteiger partial charge in [-0.2, -0.15) is 0 Å². The van der Waals surface area contributed by atoms with Gasteiger partial charge in [0.15, 0.2) is 0 Å². The van der Waals surface area contributed by atoms with Gasteiger partial charge in [0.2, 0.25) is 5.91 Å². The van der Waals surface area contributed by atoms with Crippen molar-refractivity contribution in [2.24, 2.45) is 5.73 Å². The molecule has 0 saturated carbocycles. The van der Waals surface area contributed by atoms with Gasteiger partial charge in [-0.05, 0) is 6.42 Å². The first-order valence-corrected chi connectivity index (χ1v) is 3.50. The predicted molar refractivity (Wildman–Crippen MR) is 42.5 cm³/mol. The van der Waals surface area contributed by atoms with Crippen molar-refractivity contribution in [3.8, 4) is 0 Å². The number of nitrogens with two attached hydrogens (primary N) is 1. The minimum atomic E-state index is -0.604. The number of nitrogens with one attached hydrogen (secondary N) is 1. The Balaban J connectivity index is 2.61. The van der Waals surface area contributed by atoms with Crippen molar-refractivity contribution < 1.29 is 4.79 Å². The lowest BCUT2D eigenvalue weighted by atomic mass is 9.89. The maximum Gasteiger partial charge on any atom is 0.240 e. The van der Waals surface area contributed by atoms with Crippen molar-refractivity contribution in [1.82, 2.24) is 5.73 Å². The number of amides is 1. The molecule has 11 heavy (non-hydrogen) atoms. The summed E-state index contributed by atoms with van der Waals surface area (Å²) < 4.78 is 0. The number of hydrogen-bond acceptors (Lipinski definition) is 2. The first-order valence-electron chi connectivity index (χ1n) is 3.50. The first kappa shape index (κ1) is 8.01. The Morgan fingerprint density at radius 2 is 2.36 bits per heavy atom. The molecule has 1 rings (SSSR count). The van der Waals surface area contributed by atoms with Crippen LogP contribution in [0.5, 0.6) is 0 Å². The molecule has 1 amide bonds. The van der Waals surface area contributed by atoms with Crippen molar-refractivity contribution in [1.29, 1.82) is 0 Å². The summed E-state index contributed by atoms with van der Waals surface area (Å²) in [5, 5.41) is 0. The van der Waals surface area contributed by atoms with E-state index in [1.54, 1.807) is 6.08 Å². The number of hydrogen-bond donors (Lipinski definition) is 1. The summed E-state index contributed by atoms with van der Waals surface area (Å²) in [6.07, 6.45) is 8.14. The van der Waals surface area contributed by atoms with Gasteiger partial charge in [-0.3, -0.25) is 10.5 Å². The topological polar surface area (TPSA) is 66.9 Å². The van der Waals surface area contributed by atoms with E-state index in [0.29, 0.717) is 6.42 Å². The van der Waals surface area contributed by atoms with Gasteiger partial charge in [-0.25, -0.2) is 0 Å². The number of carbonyl (C=O) groups excluding carboxylic acids is 1. The molecule has 1 unspecified atom stereocenters. The van der Waals surface area contributed by atoms with E-state index in [1.807, 2.05) is 18.2 Å². The Kier molecular flexibility index (Phi) is 2.10. The van der Waals surface area contributed by atoms with Gasteiger partial charge in [0.1, 0.15) is 0 Å². The third-order valence-corrected chi connectivity index (χ3v) is 1.66. The first-order chi connectivity index (χ1) is 5.12. The molecule has 1 radical (unpaired) electrons. The van der Waals surface area contributed by atoms with Crippen molar-refractivity contribution in [3.63, 3.8) is 0 Å². The average Bonchev–Trinajstić information content (AvgIpc) is 1.85. The van der Waals surface area contributed by atoms with Crippen LogP contribution in [0.3, 0.4) is 0 Å². The smallest absolute Gasteiger partial charge is 0.240 e. The maximum absolute atomic E-state index is 10.4. The number of rotatable bonds is 2. The normalized spacial score (nSPS) is 28.8. The van der Waals surface area contributed by atoms with Crippen LogP contribution in [0.15, 0.2) is 24.3 Å². The largest absolute Gasteiger partial charge is 0.321 e. The van der Waals surface area contributed by atoms with E-state index >= 15 is 0 Å². The highest BCUT2D eigenvalue weighted by molar-refractivity contribution is 5.74. The molecule has 0 spiro atoms. The zero-order valence-electron chi connectivity index (χ0n) is 6.21. The van der Waals surface area contributed by atoms with Gasteiger partial charge in [-0.1, -0.05) is 24.3 Å². The second-order valence-corrected chi connectivity index (χ2v) is 2.82. The molecule has 3 nitrogen and oxygen atoms in total. The predicted octanol–water partition coefficient (Wildman–Crippen LogP) is 0.400. The molecule has 0 aromatic heterocycles. The zero-order valence-corrected chi connectivity index (χ0v) is 6.21. The summed E-state index contributed by atoms with van der Waals surface area (Å²) in [7, 11) is 0. The van der Waals surface area contributed by atoms with Crippen LogP contribution in [0.4, 0.5) is 0 Å². The summed E-state index contributed by atoms with van der Waals surface area (Å²) in [5.74, 6) is -0.604. The standard InChI is InChI=1S/C8H11N2O/c9-7(11)6-8(10)4-2-1-3-5-8/h1-4,9H,5-6,10H2. The lowest BCUT2D eigenvalue weighted by Gasteiger charge is -2.24. The fraction of sp³-hybridized carbons (Fsp3) is 0.375. The molecule has 0 saturated heterocycles. The highest BCUT2D eigenvalue weighted by Gasteiger charge is 2.23. The molecule has 0 heterocycles. The number of allylic oxidation sites excluding steroid dienone is 2. The molecule has 3 N–H and O–H groups in total. The van der Waals surface area contributed by atoms with Crippen LogP contribution in [0.25, 0.3) is 0 Å². The second kappa shape index (κ2) is 2.88. The maximum atomic E-state index is 10.4. The molecule has 0 bridgehead atoms. The molecule has 0 aliphatic heterocycles. The van der Waals surface area contributed by atoms with Crippen LogP contribution < -0.4 is 11.5 Å². The lowest BCUT2D eigenvalue weighted by Crippen LogP contribution is -2.40. The Morgan fingerprint density at radius 3 is 2.82 bits per heavy atom. The highest BCUT2D eigenvalue weighted by Crippen LogP contribution is 2.17. The molecular weight excluding hydrogens is 140 g/mol. The molecule has 0 fully saturated rings. The highest BCUT2D eigenvalue weighted by atomic mass is 16.1. The van der Waals surface area contributed by atoms with E-state index in [0.717, 1.165) is 0 Å². The summed E-state index contributed by atoms with van der Waals surface area (Å²) in [4.78, 5) is 10.4. The molecule has 59 valence electrons. The molecule has 1 aliphatic rings. The molecule has 0 aromatic carbocycles. The quantitative estimate of drug-likeness (QED) is 0.620. The van der Waals surface area contributed by atoms with Crippen molar-refractivity contribution in [3.05, 3.63) is 24.3 Å². The summed E-state index contributed by atoms with van der Waals surface area (Å²) in [6, 6.07) is 0. The van der Waals surface area contributed by atoms with Crippen LogP contribution in [-0.4, -0.2) is 11.4 Å². The van der Waals surface area contributed by atoms with E-state index in [2.05, 4.69) is 0 Å². The van der Waals surface area contributed by atoms with E-state index in [9.17, 15) is 4.79 Å². The van der Waals surface area contributed by atoms with Crippen LogP contribution in [0.2, 0.25) is 0 Å². The van der Waals surface area contributed by atoms with E-state index in [4.69, 9.17) is 11.5 Å². The van der Waals surface area contributed by atoms with Crippen molar-refractivity contribution in [2.45, 2.75) is 18.4 Å². The Bertz CT molecular complexity index is 220. The van der Waals surface area contributed by atoms with Gasteiger partial charge in [0.25, 0.3) is 0 Å². The van der Waals surface area contributed by atoms with Crippen molar-refractivity contribution in [2.75, 3.05) is 0 Å². The Morgan fingerprint density at radius 1 is 1.64 bits per heavy atom. The summed E-state index contributed by atoms with van der Waals surface area (Å²) in [5.41, 5.74) is 11.9. The van der Waals surface area contributed by atoms with Gasteiger partial charge in [0, 0.05) is 5.54 Å². The molecule has 3 heteroatoms. The minimum absolute atomic E-state index is 0.105.